The summed E-state index contributed by atoms with van der Waals surface area (Å²) in [6.07, 6.45) is 1.72. The van der Waals surface area contributed by atoms with Gasteiger partial charge in [0.25, 0.3) is 0 Å². The molecule has 1 N–H and O–H groups in total. The number of hydrogen-bond acceptors (Lipinski definition) is 3. The molecule has 112 valence electrons. The van der Waals surface area contributed by atoms with Crippen molar-refractivity contribution in [3.63, 3.8) is 0 Å². The van der Waals surface area contributed by atoms with Gasteiger partial charge in [0.1, 0.15) is 5.82 Å². The van der Waals surface area contributed by atoms with Gasteiger partial charge in [-0.25, -0.2) is 4.39 Å². The third kappa shape index (κ3) is 2.46. The number of hydrogen-bond donors (Lipinski definition) is 1. The number of aliphatic imine (C=N–C) groups is 1. The summed E-state index contributed by atoms with van der Waals surface area (Å²) in [5, 5.41) is 5.22. The summed E-state index contributed by atoms with van der Waals surface area (Å²) < 4.78 is 19.0. The zero-order valence-corrected chi connectivity index (χ0v) is 12.5. The van der Waals surface area contributed by atoms with Crippen LogP contribution >= 0.6 is 12.4 Å². The van der Waals surface area contributed by atoms with Crippen molar-refractivity contribution in [1.82, 2.24) is 5.32 Å². The molecule has 1 aliphatic rings. The van der Waals surface area contributed by atoms with E-state index in [2.05, 4.69) is 10.3 Å². The fourth-order valence-corrected chi connectivity index (χ4v) is 2.63. The Hall–Kier alpha value is -2.33. The molecule has 0 fully saturated rings. The van der Waals surface area contributed by atoms with E-state index in [0.717, 1.165) is 46.6 Å². The third-order valence-corrected chi connectivity index (χ3v) is 3.65. The molecule has 22 heavy (non-hydrogen) atoms. The molecule has 0 radical (unpaired) electrons. The Morgan fingerprint density at radius 1 is 1.09 bits per heavy atom. The molecule has 3 aromatic rings. The van der Waals surface area contributed by atoms with Crippen LogP contribution in [0, 0.1) is 5.82 Å². The molecule has 0 amide bonds. The van der Waals surface area contributed by atoms with Crippen molar-refractivity contribution in [1.29, 1.82) is 0 Å². The van der Waals surface area contributed by atoms with Gasteiger partial charge in [-0.3, -0.25) is 4.99 Å². The first-order valence-electron chi connectivity index (χ1n) is 6.87. The molecule has 0 unspecified atom stereocenters. The highest BCUT2D eigenvalue weighted by atomic mass is 35.5. The van der Waals surface area contributed by atoms with E-state index >= 15 is 0 Å². The minimum absolute atomic E-state index is 0. The molecule has 0 saturated heterocycles. The zero-order chi connectivity index (χ0) is 14.2. The van der Waals surface area contributed by atoms with E-state index in [4.69, 9.17) is 4.42 Å². The first kappa shape index (κ1) is 14.6. The SMILES string of the molecule is Cl.Fc1cccc(-c2ccc3c(C4=NCCN4)occ3c2)c1. The monoisotopic (exact) mass is 316 g/mol. The Kier molecular flexibility index (Phi) is 3.86. The van der Waals surface area contributed by atoms with Crippen molar-refractivity contribution < 1.29 is 8.81 Å². The Bertz CT molecular complexity index is 857. The maximum absolute atomic E-state index is 13.3. The molecule has 0 atom stereocenters. The van der Waals surface area contributed by atoms with Gasteiger partial charge in [-0.05, 0) is 35.4 Å². The minimum atomic E-state index is -0.231. The summed E-state index contributed by atoms with van der Waals surface area (Å²) in [5.41, 5.74) is 1.83. The Morgan fingerprint density at radius 2 is 1.95 bits per heavy atom. The van der Waals surface area contributed by atoms with Gasteiger partial charge in [-0.2, -0.15) is 0 Å². The Labute approximate surface area is 133 Å². The third-order valence-electron chi connectivity index (χ3n) is 3.65. The summed E-state index contributed by atoms with van der Waals surface area (Å²) in [6.45, 7) is 1.62. The lowest BCUT2D eigenvalue weighted by Crippen LogP contribution is -2.18. The number of nitrogens with one attached hydrogen (secondary N) is 1. The molecule has 1 aromatic heterocycles. The number of amidine groups is 1. The van der Waals surface area contributed by atoms with Gasteiger partial charge in [0.2, 0.25) is 0 Å². The van der Waals surface area contributed by atoms with Crippen molar-refractivity contribution >= 4 is 29.0 Å². The molecule has 5 heteroatoms. The number of halogens is 2. The van der Waals surface area contributed by atoms with Crippen LogP contribution in [0.3, 0.4) is 0 Å². The van der Waals surface area contributed by atoms with Gasteiger partial charge in [0.05, 0.1) is 12.8 Å². The molecular weight excluding hydrogens is 303 g/mol. The first-order chi connectivity index (χ1) is 10.3. The number of rotatable bonds is 2. The topological polar surface area (TPSA) is 37.5 Å². The summed E-state index contributed by atoms with van der Waals surface area (Å²) in [4.78, 5) is 4.38. The van der Waals surface area contributed by atoms with Crippen LogP contribution in [0.5, 0.6) is 0 Å². The van der Waals surface area contributed by atoms with Crippen molar-refractivity contribution in [2.45, 2.75) is 0 Å². The predicted molar refractivity (Wildman–Crippen MR) is 88.3 cm³/mol. The van der Waals surface area contributed by atoms with E-state index in [-0.39, 0.29) is 18.2 Å². The molecule has 0 spiro atoms. The highest BCUT2D eigenvalue weighted by Gasteiger charge is 2.15. The number of benzene rings is 2. The van der Waals surface area contributed by atoms with Crippen molar-refractivity contribution in [2.24, 2.45) is 4.99 Å². The average Bonchev–Trinajstić information content (AvgIpc) is 3.15. The van der Waals surface area contributed by atoms with Crippen LogP contribution in [0.2, 0.25) is 0 Å². The lowest BCUT2D eigenvalue weighted by atomic mass is 10.0. The fraction of sp³-hybridized carbons (Fsp3) is 0.118. The van der Waals surface area contributed by atoms with E-state index in [9.17, 15) is 4.39 Å². The maximum atomic E-state index is 13.3. The number of nitrogens with zero attached hydrogens (tertiary/aromatic N) is 1. The van der Waals surface area contributed by atoms with Crippen molar-refractivity contribution in [2.75, 3.05) is 13.1 Å². The molecule has 0 bridgehead atoms. The van der Waals surface area contributed by atoms with Crippen molar-refractivity contribution in [3.8, 4) is 11.1 Å². The summed E-state index contributed by atoms with van der Waals surface area (Å²) in [6, 6.07) is 12.6. The molecule has 0 aliphatic carbocycles. The van der Waals surface area contributed by atoms with Gasteiger partial charge >= 0.3 is 0 Å². The highest BCUT2D eigenvalue weighted by molar-refractivity contribution is 6.08. The highest BCUT2D eigenvalue weighted by Crippen LogP contribution is 2.28. The summed E-state index contributed by atoms with van der Waals surface area (Å²) in [7, 11) is 0. The molecule has 1 aliphatic heterocycles. The average molecular weight is 317 g/mol. The van der Waals surface area contributed by atoms with Gasteiger partial charge in [0.15, 0.2) is 11.6 Å². The standard InChI is InChI=1S/C17H13FN2O.ClH/c18-14-3-1-2-11(9-14)12-4-5-15-13(8-12)10-21-16(15)17-19-6-7-20-17;/h1-5,8-10H,6-7H2,(H,19,20);1H. The molecule has 2 aromatic carbocycles. The normalized spacial score (nSPS) is 13.6. The molecule has 4 rings (SSSR count). The van der Waals surface area contributed by atoms with Gasteiger partial charge in [-0.15, -0.1) is 12.4 Å². The Balaban J connectivity index is 0.00000144. The molecule has 3 nitrogen and oxygen atoms in total. The van der Waals surface area contributed by atoms with Crippen LogP contribution < -0.4 is 5.32 Å². The van der Waals surface area contributed by atoms with E-state index in [1.54, 1.807) is 12.3 Å². The van der Waals surface area contributed by atoms with Crippen molar-refractivity contribution in [3.05, 3.63) is 60.3 Å². The number of furan rings is 1. The fourth-order valence-electron chi connectivity index (χ4n) is 2.63. The predicted octanol–water partition coefficient (Wildman–Crippen LogP) is 4.01. The van der Waals surface area contributed by atoms with Crippen LogP contribution in [0.25, 0.3) is 21.9 Å². The smallest absolute Gasteiger partial charge is 0.176 e. The van der Waals surface area contributed by atoms with Crippen LogP contribution in [0.1, 0.15) is 5.76 Å². The number of fused-ring (bicyclic) bond motifs is 1. The molecular formula is C17H14ClFN2O. The second-order valence-electron chi connectivity index (χ2n) is 5.03. The van der Waals surface area contributed by atoms with E-state index < -0.39 is 0 Å². The largest absolute Gasteiger partial charge is 0.460 e. The van der Waals surface area contributed by atoms with Gasteiger partial charge < -0.3 is 9.73 Å². The van der Waals surface area contributed by atoms with E-state index in [0.29, 0.717) is 0 Å². The maximum Gasteiger partial charge on any atom is 0.176 e. The van der Waals surface area contributed by atoms with E-state index in [1.807, 2.05) is 24.3 Å². The summed E-state index contributed by atoms with van der Waals surface area (Å²) >= 11 is 0. The molecule has 0 saturated carbocycles. The van der Waals surface area contributed by atoms with Crippen LogP contribution in [-0.2, 0) is 0 Å². The summed E-state index contributed by atoms with van der Waals surface area (Å²) in [5.74, 6) is 1.35. The van der Waals surface area contributed by atoms with Gasteiger partial charge in [-0.1, -0.05) is 18.2 Å². The first-order valence-corrected chi connectivity index (χ1v) is 6.87. The van der Waals surface area contributed by atoms with Crippen LogP contribution in [-0.4, -0.2) is 18.9 Å². The Morgan fingerprint density at radius 3 is 2.73 bits per heavy atom. The quantitative estimate of drug-likeness (QED) is 0.775. The second kappa shape index (κ2) is 5.81. The lowest BCUT2D eigenvalue weighted by molar-refractivity contribution is 0.560. The minimum Gasteiger partial charge on any atom is -0.460 e. The second-order valence-corrected chi connectivity index (χ2v) is 5.03. The molecule has 2 heterocycles. The van der Waals surface area contributed by atoms with Gasteiger partial charge in [0, 0.05) is 17.3 Å². The van der Waals surface area contributed by atoms with Crippen LogP contribution in [0.15, 0.2) is 58.1 Å². The van der Waals surface area contributed by atoms with E-state index in [1.165, 1.54) is 12.1 Å². The zero-order valence-electron chi connectivity index (χ0n) is 11.7. The lowest BCUT2D eigenvalue weighted by Gasteiger charge is -2.03. The van der Waals surface area contributed by atoms with Crippen LogP contribution in [0.4, 0.5) is 4.39 Å².